The van der Waals surface area contributed by atoms with Crippen LogP contribution in [0.3, 0.4) is 0 Å². The monoisotopic (exact) mass is 447 g/mol. The Morgan fingerprint density at radius 3 is 2.50 bits per heavy atom. The van der Waals surface area contributed by atoms with Crippen LogP contribution < -0.4 is 14.4 Å². The number of ether oxygens (including phenoxy) is 1. The third kappa shape index (κ3) is 4.55. The summed E-state index contributed by atoms with van der Waals surface area (Å²) in [7, 11) is 1.53. The van der Waals surface area contributed by atoms with Crippen LogP contribution in [-0.4, -0.2) is 29.2 Å². The zero-order valence-electron chi connectivity index (χ0n) is 17.2. The number of anilines is 2. The topological polar surface area (TPSA) is 94.7 Å². The minimum Gasteiger partial charge on any atom is -0.495 e. The fraction of sp³-hybridized carbons (Fsp3) is 0.0833. The second-order valence-corrected chi connectivity index (χ2v) is 7.56. The molecule has 0 bridgehead atoms. The molecule has 1 aromatic heterocycles. The van der Waals surface area contributed by atoms with Crippen LogP contribution in [0.5, 0.6) is 5.75 Å². The SMILES string of the molecule is COc1ccc(-c2cc3ccccc3[nH]2)cc1NC(=O)N(S)c1ccc(CC(=O)O)cc1. The van der Waals surface area contributed by atoms with Gasteiger partial charge in [-0.1, -0.05) is 43.1 Å². The number of para-hydroxylation sites is 1. The zero-order chi connectivity index (χ0) is 22.7. The summed E-state index contributed by atoms with van der Waals surface area (Å²) in [5.74, 6) is -0.406. The molecule has 0 spiro atoms. The third-order valence-electron chi connectivity index (χ3n) is 5.01. The Morgan fingerprint density at radius 1 is 1.06 bits per heavy atom. The molecule has 8 heteroatoms. The lowest BCUT2D eigenvalue weighted by Gasteiger charge is -2.18. The average molecular weight is 448 g/mol. The van der Waals surface area contributed by atoms with Gasteiger partial charge in [0.1, 0.15) is 5.75 Å². The Kier molecular flexibility index (Phi) is 6.04. The first kappa shape index (κ1) is 21.3. The maximum atomic E-state index is 12.8. The van der Waals surface area contributed by atoms with Crippen molar-refractivity contribution in [3.05, 3.63) is 78.4 Å². The number of carbonyl (C=O) groups is 2. The van der Waals surface area contributed by atoms with Gasteiger partial charge < -0.3 is 20.1 Å². The Morgan fingerprint density at radius 2 is 1.81 bits per heavy atom. The summed E-state index contributed by atoms with van der Waals surface area (Å²) >= 11 is 4.30. The van der Waals surface area contributed by atoms with Crippen LogP contribution >= 0.6 is 12.8 Å². The second kappa shape index (κ2) is 9.07. The molecule has 0 radical (unpaired) electrons. The number of rotatable bonds is 6. The first-order chi connectivity index (χ1) is 15.4. The Hall–Kier alpha value is -3.91. The number of amides is 2. The van der Waals surface area contributed by atoms with E-state index in [2.05, 4.69) is 23.1 Å². The maximum absolute atomic E-state index is 12.8. The molecule has 3 N–H and O–H groups in total. The summed E-state index contributed by atoms with van der Waals surface area (Å²) in [4.78, 5) is 27.0. The molecule has 32 heavy (non-hydrogen) atoms. The number of fused-ring (bicyclic) bond motifs is 1. The number of nitrogens with zero attached hydrogens (tertiary/aromatic N) is 1. The van der Waals surface area contributed by atoms with Crippen molar-refractivity contribution in [2.75, 3.05) is 16.7 Å². The van der Waals surface area contributed by atoms with Crippen molar-refractivity contribution < 1.29 is 19.4 Å². The van der Waals surface area contributed by atoms with Crippen molar-refractivity contribution in [1.82, 2.24) is 4.98 Å². The predicted molar refractivity (Wildman–Crippen MR) is 129 cm³/mol. The van der Waals surface area contributed by atoms with Crippen molar-refractivity contribution in [2.45, 2.75) is 6.42 Å². The van der Waals surface area contributed by atoms with Crippen molar-refractivity contribution in [3.63, 3.8) is 0 Å². The highest BCUT2D eigenvalue weighted by atomic mass is 32.1. The molecule has 0 aliphatic carbocycles. The van der Waals surface area contributed by atoms with E-state index in [4.69, 9.17) is 9.84 Å². The maximum Gasteiger partial charge on any atom is 0.336 e. The Labute approximate surface area is 190 Å². The quantitative estimate of drug-likeness (QED) is 0.300. The summed E-state index contributed by atoms with van der Waals surface area (Å²) in [6.07, 6.45) is -0.0865. The number of carboxylic acid groups (broad SMARTS) is 1. The largest absolute Gasteiger partial charge is 0.495 e. The number of carboxylic acids is 1. The van der Waals surface area contributed by atoms with E-state index in [1.165, 1.54) is 7.11 Å². The number of methoxy groups -OCH3 is 1. The van der Waals surface area contributed by atoms with E-state index in [0.29, 0.717) is 22.7 Å². The van der Waals surface area contributed by atoms with E-state index in [9.17, 15) is 9.59 Å². The lowest BCUT2D eigenvalue weighted by atomic mass is 10.1. The van der Waals surface area contributed by atoms with Crippen LogP contribution in [0.2, 0.25) is 0 Å². The van der Waals surface area contributed by atoms with E-state index < -0.39 is 12.0 Å². The number of benzene rings is 3. The second-order valence-electron chi connectivity index (χ2n) is 7.16. The molecule has 0 atom stereocenters. The lowest BCUT2D eigenvalue weighted by molar-refractivity contribution is -0.136. The van der Waals surface area contributed by atoms with E-state index in [1.807, 2.05) is 42.5 Å². The van der Waals surface area contributed by atoms with Crippen LogP contribution in [-0.2, 0) is 11.2 Å². The molecule has 1 heterocycles. The van der Waals surface area contributed by atoms with Gasteiger partial charge in [0.05, 0.1) is 24.9 Å². The van der Waals surface area contributed by atoms with Crippen LogP contribution in [0.1, 0.15) is 5.56 Å². The van der Waals surface area contributed by atoms with Crippen molar-refractivity contribution in [2.24, 2.45) is 0 Å². The molecule has 0 fully saturated rings. The highest BCUT2D eigenvalue weighted by Gasteiger charge is 2.16. The molecule has 0 aliphatic heterocycles. The number of H-pyrrole nitrogens is 1. The number of thiol groups is 1. The Bertz CT molecular complexity index is 1250. The number of carbonyl (C=O) groups excluding carboxylic acids is 1. The van der Waals surface area contributed by atoms with Crippen molar-refractivity contribution in [3.8, 4) is 17.0 Å². The Balaban J connectivity index is 1.56. The molecule has 3 aromatic carbocycles. The smallest absolute Gasteiger partial charge is 0.336 e. The molecule has 0 unspecified atom stereocenters. The molecule has 0 aliphatic rings. The molecule has 2 amide bonds. The first-order valence-corrected chi connectivity index (χ1v) is 10.2. The van der Waals surface area contributed by atoms with E-state index in [-0.39, 0.29) is 6.42 Å². The van der Waals surface area contributed by atoms with Gasteiger partial charge in [-0.05, 0) is 48.0 Å². The summed E-state index contributed by atoms with van der Waals surface area (Å²) in [6.45, 7) is 0. The number of urea groups is 1. The first-order valence-electron chi connectivity index (χ1n) is 9.81. The molecule has 7 nitrogen and oxygen atoms in total. The summed E-state index contributed by atoms with van der Waals surface area (Å²) in [5.41, 5.74) is 4.47. The van der Waals surface area contributed by atoms with Crippen molar-refractivity contribution in [1.29, 1.82) is 0 Å². The number of aromatic amines is 1. The highest BCUT2D eigenvalue weighted by Crippen LogP contribution is 2.32. The number of nitrogens with one attached hydrogen (secondary N) is 2. The van der Waals surface area contributed by atoms with Gasteiger partial charge in [-0.3, -0.25) is 4.79 Å². The van der Waals surface area contributed by atoms with Gasteiger partial charge >= 0.3 is 12.0 Å². The fourth-order valence-corrected chi connectivity index (χ4v) is 3.60. The van der Waals surface area contributed by atoms with Gasteiger partial charge in [0.2, 0.25) is 0 Å². The van der Waals surface area contributed by atoms with Gasteiger partial charge in [0.15, 0.2) is 0 Å². The molecule has 162 valence electrons. The highest BCUT2D eigenvalue weighted by molar-refractivity contribution is 7.82. The summed E-state index contributed by atoms with van der Waals surface area (Å²) < 4.78 is 6.56. The van der Waals surface area contributed by atoms with Crippen LogP contribution in [0.4, 0.5) is 16.2 Å². The van der Waals surface area contributed by atoms with E-state index in [1.54, 1.807) is 30.3 Å². The van der Waals surface area contributed by atoms with E-state index in [0.717, 1.165) is 26.5 Å². The number of aliphatic carboxylic acids is 1. The summed E-state index contributed by atoms with van der Waals surface area (Å²) in [5, 5.41) is 12.8. The predicted octanol–water partition coefficient (Wildman–Crippen LogP) is 5.35. The fourth-order valence-electron chi connectivity index (χ4n) is 3.42. The van der Waals surface area contributed by atoms with Crippen LogP contribution in [0.15, 0.2) is 72.8 Å². The van der Waals surface area contributed by atoms with Gasteiger partial charge in [-0.25, -0.2) is 9.10 Å². The standard InChI is InChI=1S/C24H21N3O4S/c1-31-22-11-8-17(20-13-16-4-2-3-5-19(16)25-20)14-21(22)26-24(30)27(32)18-9-6-15(7-10-18)12-23(28)29/h2-11,13-14,25,32H,12H2,1H3,(H,26,30)(H,28,29). The lowest BCUT2D eigenvalue weighted by Crippen LogP contribution is -2.27. The molecule has 4 aromatic rings. The van der Waals surface area contributed by atoms with Gasteiger partial charge in [0, 0.05) is 22.2 Å². The molecule has 0 saturated carbocycles. The van der Waals surface area contributed by atoms with E-state index >= 15 is 0 Å². The third-order valence-corrected chi connectivity index (χ3v) is 5.42. The molecular weight excluding hydrogens is 426 g/mol. The number of hydrogen-bond donors (Lipinski definition) is 4. The average Bonchev–Trinajstić information content (AvgIpc) is 3.23. The minimum absolute atomic E-state index is 0.0865. The molecule has 0 saturated heterocycles. The van der Waals surface area contributed by atoms with Crippen LogP contribution in [0.25, 0.3) is 22.2 Å². The molecule has 4 rings (SSSR count). The summed E-state index contributed by atoms with van der Waals surface area (Å²) in [6, 6.07) is 21.7. The molecular formula is C24H21N3O4S. The van der Waals surface area contributed by atoms with Gasteiger partial charge in [-0.2, -0.15) is 0 Å². The normalized spacial score (nSPS) is 10.7. The van der Waals surface area contributed by atoms with Gasteiger partial charge in [0.25, 0.3) is 0 Å². The minimum atomic E-state index is -0.917. The van der Waals surface area contributed by atoms with Crippen LogP contribution in [0, 0.1) is 0 Å². The number of hydrogen-bond acceptors (Lipinski definition) is 4. The zero-order valence-corrected chi connectivity index (χ0v) is 18.1. The number of aromatic nitrogens is 1. The van der Waals surface area contributed by atoms with Crippen molar-refractivity contribution >= 4 is 47.1 Å². The van der Waals surface area contributed by atoms with Gasteiger partial charge in [-0.15, -0.1) is 0 Å².